The predicted octanol–water partition coefficient (Wildman–Crippen LogP) is 4.63. The van der Waals surface area contributed by atoms with Crippen LogP contribution in [0.4, 0.5) is 0 Å². The van der Waals surface area contributed by atoms with Gasteiger partial charge in [-0.3, -0.25) is 4.79 Å². The minimum absolute atomic E-state index is 0.0380. The van der Waals surface area contributed by atoms with Crippen molar-refractivity contribution in [1.82, 2.24) is 0 Å². The smallest absolute Gasteiger partial charge is 0.304 e. The highest BCUT2D eigenvalue weighted by atomic mass is 79.9. The Morgan fingerprint density at radius 1 is 1.10 bits per heavy atom. The Hall–Kier alpha value is -1.26. The van der Waals surface area contributed by atoms with E-state index in [1.807, 2.05) is 54.6 Å². The molecule has 2 aromatic carbocycles. The van der Waals surface area contributed by atoms with Crippen LogP contribution in [0.15, 0.2) is 64.0 Å². The van der Waals surface area contributed by atoms with Gasteiger partial charge in [-0.25, -0.2) is 0 Å². The predicted molar refractivity (Wildman–Crippen MR) is 86.2 cm³/mol. The fourth-order valence-corrected chi connectivity index (χ4v) is 3.38. The molecule has 0 heterocycles. The Labute approximate surface area is 131 Å². The van der Waals surface area contributed by atoms with Crippen molar-refractivity contribution in [2.24, 2.45) is 0 Å². The minimum atomic E-state index is -0.754. The summed E-state index contributed by atoms with van der Waals surface area (Å²) in [5, 5.41) is 9.10. The monoisotopic (exact) mass is 350 g/mol. The molecular weight excluding hydrogens is 336 g/mol. The second-order valence-electron chi connectivity index (χ2n) is 4.48. The van der Waals surface area contributed by atoms with E-state index in [2.05, 4.69) is 15.9 Å². The summed E-state index contributed by atoms with van der Waals surface area (Å²) in [7, 11) is 0. The van der Waals surface area contributed by atoms with Crippen LogP contribution in [-0.2, 0) is 11.2 Å². The van der Waals surface area contributed by atoms with Crippen molar-refractivity contribution in [3.05, 3.63) is 64.6 Å². The molecule has 2 nitrogen and oxygen atoms in total. The summed E-state index contributed by atoms with van der Waals surface area (Å²) in [5.74, 6) is -0.754. The molecule has 0 aliphatic rings. The molecule has 1 atom stereocenters. The first-order valence-corrected chi connectivity index (χ1v) is 7.98. The van der Waals surface area contributed by atoms with Gasteiger partial charge in [0.2, 0.25) is 0 Å². The van der Waals surface area contributed by atoms with Crippen molar-refractivity contribution >= 4 is 33.7 Å². The van der Waals surface area contributed by atoms with Crippen molar-refractivity contribution in [2.45, 2.75) is 23.0 Å². The molecule has 20 heavy (non-hydrogen) atoms. The lowest BCUT2D eigenvalue weighted by Gasteiger charge is -2.14. The highest BCUT2D eigenvalue weighted by Crippen LogP contribution is 2.29. The van der Waals surface area contributed by atoms with Gasteiger partial charge >= 0.3 is 5.97 Å². The van der Waals surface area contributed by atoms with E-state index in [9.17, 15) is 4.79 Å². The number of aliphatic carboxylic acids is 1. The number of benzene rings is 2. The fraction of sp³-hybridized carbons (Fsp3) is 0.188. The van der Waals surface area contributed by atoms with Crippen molar-refractivity contribution in [1.29, 1.82) is 0 Å². The van der Waals surface area contributed by atoms with E-state index >= 15 is 0 Å². The number of carboxylic acid groups (broad SMARTS) is 1. The third-order valence-electron chi connectivity index (χ3n) is 2.82. The molecule has 0 spiro atoms. The second-order valence-corrected chi connectivity index (χ2v) is 6.77. The first-order chi connectivity index (χ1) is 9.63. The largest absolute Gasteiger partial charge is 0.481 e. The zero-order valence-electron chi connectivity index (χ0n) is 10.8. The highest BCUT2D eigenvalue weighted by molar-refractivity contribution is 9.10. The van der Waals surface area contributed by atoms with Gasteiger partial charge in [0.25, 0.3) is 0 Å². The number of carbonyl (C=O) groups is 1. The summed E-state index contributed by atoms with van der Waals surface area (Å²) in [6.45, 7) is 0. The first kappa shape index (κ1) is 15.1. The van der Waals surface area contributed by atoms with E-state index in [4.69, 9.17) is 5.11 Å². The van der Waals surface area contributed by atoms with Crippen LogP contribution in [0.25, 0.3) is 0 Å². The van der Waals surface area contributed by atoms with E-state index in [0.29, 0.717) is 0 Å². The topological polar surface area (TPSA) is 37.3 Å². The zero-order chi connectivity index (χ0) is 14.4. The molecule has 2 aromatic rings. The molecule has 1 N–H and O–H groups in total. The molecule has 0 aliphatic heterocycles. The lowest BCUT2D eigenvalue weighted by molar-refractivity contribution is -0.136. The average molecular weight is 351 g/mol. The third-order valence-corrected chi connectivity index (χ3v) is 4.56. The molecule has 104 valence electrons. The van der Waals surface area contributed by atoms with Crippen LogP contribution in [0.1, 0.15) is 12.0 Å². The Morgan fingerprint density at radius 2 is 1.75 bits per heavy atom. The Balaban J connectivity index is 2.07. The first-order valence-electron chi connectivity index (χ1n) is 6.31. The van der Waals surface area contributed by atoms with E-state index in [0.717, 1.165) is 15.8 Å². The molecule has 0 radical (unpaired) electrons. The SMILES string of the molecule is O=C(O)CC(Cc1ccccc1)Sc1ccc(Br)cc1. The van der Waals surface area contributed by atoms with Crippen molar-refractivity contribution in [2.75, 3.05) is 0 Å². The molecule has 0 saturated heterocycles. The highest BCUT2D eigenvalue weighted by Gasteiger charge is 2.15. The maximum Gasteiger partial charge on any atom is 0.304 e. The quantitative estimate of drug-likeness (QED) is 0.771. The normalized spacial score (nSPS) is 12.1. The van der Waals surface area contributed by atoms with Gasteiger partial charge in [0.15, 0.2) is 0 Å². The average Bonchev–Trinajstić information content (AvgIpc) is 2.42. The van der Waals surface area contributed by atoms with Crippen LogP contribution in [0, 0.1) is 0 Å². The minimum Gasteiger partial charge on any atom is -0.481 e. The van der Waals surface area contributed by atoms with Crippen molar-refractivity contribution in [3.8, 4) is 0 Å². The van der Waals surface area contributed by atoms with Gasteiger partial charge in [-0.1, -0.05) is 46.3 Å². The Morgan fingerprint density at radius 3 is 2.35 bits per heavy atom. The summed E-state index contributed by atoms with van der Waals surface area (Å²) < 4.78 is 1.03. The molecule has 0 bridgehead atoms. The van der Waals surface area contributed by atoms with E-state index in [1.165, 1.54) is 5.56 Å². The molecule has 0 aromatic heterocycles. The molecule has 0 aliphatic carbocycles. The van der Waals surface area contributed by atoms with Gasteiger partial charge in [-0.15, -0.1) is 11.8 Å². The van der Waals surface area contributed by atoms with E-state index in [-0.39, 0.29) is 11.7 Å². The lowest BCUT2D eigenvalue weighted by atomic mass is 10.1. The van der Waals surface area contributed by atoms with E-state index in [1.54, 1.807) is 11.8 Å². The molecule has 0 fully saturated rings. The maximum atomic E-state index is 11.0. The van der Waals surface area contributed by atoms with Gasteiger partial charge in [0, 0.05) is 14.6 Å². The molecule has 2 rings (SSSR count). The third kappa shape index (κ3) is 5.02. The summed E-state index contributed by atoms with van der Waals surface area (Å²) in [5.41, 5.74) is 1.17. The van der Waals surface area contributed by atoms with Gasteiger partial charge in [0.05, 0.1) is 6.42 Å². The maximum absolute atomic E-state index is 11.0. The number of rotatable bonds is 6. The molecule has 0 saturated carbocycles. The summed E-state index contributed by atoms with van der Waals surface area (Å²) in [4.78, 5) is 12.1. The van der Waals surface area contributed by atoms with Gasteiger partial charge in [-0.2, -0.15) is 0 Å². The van der Waals surface area contributed by atoms with Crippen LogP contribution in [0.3, 0.4) is 0 Å². The Bertz CT molecular complexity index is 554. The number of halogens is 1. The summed E-state index contributed by atoms with van der Waals surface area (Å²) in [6, 6.07) is 18.0. The molecule has 0 amide bonds. The number of thioether (sulfide) groups is 1. The molecular formula is C16H15BrO2S. The van der Waals surface area contributed by atoms with Crippen molar-refractivity contribution < 1.29 is 9.90 Å². The van der Waals surface area contributed by atoms with Crippen LogP contribution >= 0.6 is 27.7 Å². The van der Waals surface area contributed by atoms with Crippen LogP contribution in [0.5, 0.6) is 0 Å². The van der Waals surface area contributed by atoms with Crippen molar-refractivity contribution in [3.63, 3.8) is 0 Å². The summed E-state index contributed by atoms with van der Waals surface area (Å²) >= 11 is 5.02. The number of hydrogen-bond donors (Lipinski definition) is 1. The fourth-order valence-electron chi connectivity index (χ4n) is 1.93. The Kier molecular flexibility index (Phi) is 5.68. The van der Waals surface area contributed by atoms with Crippen LogP contribution < -0.4 is 0 Å². The van der Waals surface area contributed by atoms with Gasteiger partial charge in [0.1, 0.15) is 0 Å². The second kappa shape index (κ2) is 7.50. The summed E-state index contributed by atoms with van der Waals surface area (Å²) in [6.07, 6.45) is 0.920. The van der Waals surface area contributed by atoms with Crippen LogP contribution in [-0.4, -0.2) is 16.3 Å². The van der Waals surface area contributed by atoms with Gasteiger partial charge in [-0.05, 0) is 36.2 Å². The van der Waals surface area contributed by atoms with Gasteiger partial charge < -0.3 is 5.11 Å². The zero-order valence-corrected chi connectivity index (χ0v) is 13.2. The lowest BCUT2D eigenvalue weighted by Crippen LogP contribution is -2.13. The van der Waals surface area contributed by atoms with Crippen LogP contribution in [0.2, 0.25) is 0 Å². The number of hydrogen-bond acceptors (Lipinski definition) is 2. The molecule has 4 heteroatoms. The standard InChI is InChI=1S/C16H15BrO2S/c17-13-6-8-14(9-7-13)20-15(11-16(18)19)10-12-4-2-1-3-5-12/h1-9,15H,10-11H2,(H,18,19). The number of carboxylic acids is 1. The molecule has 1 unspecified atom stereocenters. The van der Waals surface area contributed by atoms with E-state index < -0.39 is 5.97 Å².